The Hall–Kier alpha value is -1.12. The standard InChI is InChI=1S/C13H21N5O2S/c14-7-11-16-17-13(18(11)10-1-2-10)21-8-12(19)15-9-3-5-20-6-4-9/h9-10H,1-8,14H2,(H,15,19). The summed E-state index contributed by atoms with van der Waals surface area (Å²) >= 11 is 1.44. The van der Waals surface area contributed by atoms with E-state index < -0.39 is 0 Å². The minimum Gasteiger partial charge on any atom is -0.381 e. The third kappa shape index (κ3) is 3.75. The monoisotopic (exact) mass is 311 g/mol. The lowest BCUT2D eigenvalue weighted by atomic mass is 10.1. The summed E-state index contributed by atoms with van der Waals surface area (Å²) in [6.45, 7) is 1.85. The number of carbonyl (C=O) groups excluding carboxylic acids is 1. The maximum atomic E-state index is 12.0. The number of hydrogen-bond donors (Lipinski definition) is 2. The Morgan fingerprint density at radius 2 is 2.10 bits per heavy atom. The van der Waals surface area contributed by atoms with E-state index in [4.69, 9.17) is 10.5 Å². The van der Waals surface area contributed by atoms with Crippen LogP contribution in [0.15, 0.2) is 5.16 Å². The number of nitrogens with one attached hydrogen (secondary N) is 1. The lowest BCUT2D eigenvalue weighted by Gasteiger charge is -2.22. The maximum absolute atomic E-state index is 12.0. The van der Waals surface area contributed by atoms with Crippen LogP contribution < -0.4 is 11.1 Å². The summed E-state index contributed by atoms with van der Waals surface area (Å²) in [7, 11) is 0. The number of hydrogen-bond acceptors (Lipinski definition) is 6. The van der Waals surface area contributed by atoms with E-state index >= 15 is 0 Å². The van der Waals surface area contributed by atoms with Crippen LogP contribution in [0.1, 0.15) is 37.5 Å². The van der Waals surface area contributed by atoms with Gasteiger partial charge in [0.1, 0.15) is 5.82 Å². The smallest absolute Gasteiger partial charge is 0.230 e. The van der Waals surface area contributed by atoms with Crippen molar-refractivity contribution in [2.45, 2.75) is 49.5 Å². The molecule has 2 heterocycles. The molecule has 1 saturated carbocycles. The Morgan fingerprint density at radius 3 is 2.76 bits per heavy atom. The first kappa shape index (κ1) is 14.8. The third-order valence-electron chi connectivity index (χ3n) is 3.75. The van der Waals surface area contributed by atoms with Gasteiger partial charge >= 0.3 is 0 Å². The summed E-state index contributed by atoms with van der Waals surface area (Å²) < 4.78 is 7.37. The van der Waals surface area contributed by atoms with E-state index in [0.29, 0.717) is 18.3 Å². The third-order valence-corrected chi connectivity index (χ3v) is 4.69. The molecule has 0 atom stereocenters. The molecule has 0 radical (unpaired) electrons. The second kappa shape index (κ2) is 6.76. The van der Waals surface area contributed by atoms with Gasteiger partial charge in [0.05, 0.1) is 12.3 Å². The highest BCUT2D eigenvalue weighted by Crippen LogP contribution is 2.38. The minimum absolute atomic E-state index is 0.0477. The summed E-state index contributed by atoms with van der Waals surface area (Å²) in [5, 5.41) is 12.1. The molecule has 3 N–H and O–H groups in total. The largest absolute Gasteiger partial charge is 0.381 e. The average molecular weight is 311 g/mol. The summed E-state index contributed by atoms with van der Waals surface area (Å²) in [6, 6.07) is 0.715. The van der Waals surface area contributed by atoms with Gasteiger partial charge in [0.25, 0.3) is 0 Å². The molecule has 8 heteroatoms. The zero-order chi connectivity index (χ0) is 14.7. The van der Waals surface area contributed by atoms with E-state index in [1.165, 1.54) is 11.8 Å². The Bertz CT molecular complexity index is 497. The second-order valence-corrected chi connectivity index (χ2v) is 6.39. The molecule has 1 saturated heterocycles. The number of rotatable bonds is 6. The molecule has 3 rings (SSSR count). The fourth-order valence-electron chi connectivity index (χ4n) is 2.49. The molecule has 1 aromatic heterocycles. The Morgan fingerprint density at radius 1 is 1.33 bits per heavy atom. The first-order valence-electron chi connectivity index (χ1n) is 7.41. The quantitative estimate of drug-likeness (QED) is 0.741. The van der Waals surface area contributed by atoms with Gasteiger partial charge in [-0.2, -0.15) is 0 Å². The van der Waals surface area contributed by atoms with Crippen molar-refractivity contribution in [3.63, 3.8) is 0 Å². The molecule has 21 heavy (non-hydrogen) atoms. The van der Waals surface area contributed by atoms with Crippen LogP contribution in [0.25, 0.3) is 0 Å². The predicted molar refractivity (Wildman–Crippen MR) is 78.9 cm³/mol. The normalized spacial score (nSPS) is 19.7. The van der Waals surface area contributed by atoms with E-state index in [1.807, 2.05) is 0 Å². The molecule has 1 aromatic rings. The molecule has 1 aliphatic carbocycles. The van der Waals surface area contributed by atoms with E-state index in [-0.39, 0.29) is 11.9 Å². The van der Waals surface area contributed by atoms with Crippen LogP contribution in [-0.4, -0.2) is 45.7 Å². The summed E-state index contributed by atoms with van der Waals surface area (Å²) in [5.41, 5.74) is 5.69. The second-order valence-electron chi connectivity index (χ2n) is 5.45. The highest BCUT2D eigenvalue weighted by Gasteiger charge is 2.29. The van der Waals surface area contributed by atoms with E-state index in [0.717, 1.165) is 49.9 Å². The van der Waals surface area contributed by atoms with Gasteiger partial charge < -0.3 is 20.4 Å². The zero-order valence-electron chi connectivity index (χ0n) is 12.0. The number of aromatic nitrogens is 3. The van der Waals surface area contributed by atoms with Crippen LogP contribution in [0.5, 0.6) is 0 Å². The van der Waals surface area contributed by atoms with Crippen molar-refractivity contribution < 1.29 is 9.53 Å². The van der Waals surface area contributed by atoms with Crippen LogP contribution in [0, 0.1) is 0 Å². The van der Waals surface area contributed by atoms with Crippen molar-refractivity contribution in [1.29, 1.82) is 0 Å². The van der Waals surface area contributed by atoms with Crippen molar-refractivity contribution in [3.8, 4) is 0 Å². The number of amides is 1. The first-order chi connectivity index (χ1) is 10.3. The average Bonchev–Trinajstić information content (AvgIpc) is 3.26. The number of thioether (sulfide) groups is 1. The molecule has 116 valence electrons. The van der Waals surface area contributed by atoms with Crippen LogP contribution in [0.3, 0.4) is 0 Å². The van der Waals surface area contributed by atoms with Gasteiger partial charge in [-0.15, -0.1) is 10.2 Å². The lowest BCUT2D eigenvalue weighted by Crippen LogP contribution is -2.39. The molecule has 0 bridgehead atoms. The Balaban J connectivity index is 1.52. The fraction of sp³-hybridized carbons (Fsp3) is 0.769. The summed E-state index contributed by atoms with van der Waals surface area (Å²) in [5.74, 6) is 1.23. The Labute approximate surface area is 128 Å². The topological polar surface area (TPSA) is 95.1 Å². The van der Waals surface area contributed by atoms with Gasteiger partial charge in [0.2, 0.25) is 5.91 Å². The van der Waals surface area contributed by atoms with Crippen LogP contribution in [-0.2, 0) is 16.1 Å². The van der Waals surface area contributed by atoms with Gasteiger partial charge in [-0.3, -0.25) is 4.79 Å². The molecule has 0 aromatic carbocycles. The molecule has 2 fully saturated rings. The zero-order valence-corrected chi connectivity index (χ0v) is 12.8. The van der Waals surface area contributed by atoms with Crippen molar-refractivity contribution >= 4 is 17.7 Å². The molecule has 1 amide bonds. The van der Waals surface area contributed by atoms with Gasteiger partial charge in [0, 0.05) is 25.3 Å². The number of carbonyl (C=O) groups is 1. The van der Waals surface area contributed by atoms with Gasteiger partial charge in [-0.1, -0.05) is 11.8 Å². The van der Waals surface area contributed by atoms with Crippen LogP contribution in [0.4, 0.5) is 0 Å². The van der Waals surface area contributed by atoms with Gasteiger partial charge in [0.15, 0.2) is 5.16 Å². The first-order valence-corrected chi connectivity index (χ1v) is 8.40. The van der Waals surface area contributed by atoms with Crippen molar-refractivity contribution in [2.75, 3.05) is 19.0 Å². The molecule has 0 unspecified atom stereocenters. The fourth-order valence-corrected chi connectivity index (χ4v) is 3.32. The molecule has 2 aliphatic rings. The van der Waals surface area contributed by atoms with Crippen molar-refractivity contribution in [3.05, 3.63) is 5.82 Å². The SMILES string of the molecule is NCc1nnc(SCC(=O)NC2CCOCC2)n1C1CC1. The van der Waals surface area contributed by atoms with E-state index in [2.05, 4.69) is 20.1 Å². The van der Waals surface area contributed by atoms with E-state index in [1.54, 1.807) is 0 Å². The number of ether oxygens (including phenoxy) is 1. The van der Waals surface area contributed by atoms with Gasteiger partial charge in [-0.05, 0) is 25.7 Å². The van der Waals surface area contributed by atoms with Crippen molar-refractivity contribution in [2.24, 2.45) is 5.73 Å². The highest BCUT2D eigenvalue weighted by molar-refractivity contribution is 7.99. The minimum atomic E-state index is 0.0477. The molecular formula is C13H21N5O2S. The lowest BCUT2D eigenvalue weighted by molar-refractivity contribution is -0.119. The van der Waals surface area contributed by atoms with Crippen molar-refractivity contribution in [1.82, 2.24) is 20.1 Å². The number of nitrogens with two attached hydrogens (primary N) is 1. The molecule has 7 nitrogen and oxygen atoms in total. The Kier molecular flexibility index (Phi) is 4.77. The highest BCUT2D eigenvalue weighted by atomic mass is 32.2. The number of nitrogens with zero attached hydrogens (tertiary/aromatic N) is 3. The van der Waals surface area contributed by atoms with E-state index in [9.17, 15) is 4.79 Å². The summed E-state index contributed by atoms with van der Waals surface area (Å²) in [6.07, 6.45) is 4.08. The van der Waals surface area contributed by atoms with Crippen LogP contribution >= 0.6 is 11.8 Å². The molecule has 1 aliphatic heterocycles. The van der Waals surface area contributed by atoms with Crippen LogP contribution in [0.2, 0.25) is 0 Å². The molecule has 0 spiro atoms. The maximum Gasteiger partial charge on any atom is 0.230 e. The molecular weight excluding hydrogens is 290 g/mol. The van der Waals surface area contributed by atoms with Gasteiger partial charge in [-0.25, -0.2) is 0 Å². The summed E-state index contributed by atoms with van der Waals surface area (Å²) in [4.78, 5) is 12.0. The predicted octanol–water partition coefficient (Wildman–Crippen LogP) is 0.459.